The third-order valence-electron chi connectivity index (χ3n) is 4.73. The zero-order valence-electron chi connectivity index (χ0n) is 16.4. The minimum absolute atomic E-state index is 0.0450. The Morgan fingerprint density at radius 2 is 1.89 bits per heavy atom. The van der Waals surface area contributed by atoms with Gasteiger partial charge >= 0.3 is 0 Å². The lowest BCUT2D eigenvalue weighted by Crippen LogP contribution is -2.87. The number of hydrogen-bond acceptors (Lipinski definition) is 3. The molecule has 0 aliphatic carbocycles. The number of quaternary nitrogens is 1. The van der Waals surface area contributed by atoms with Crippen LogP contribution < -0.4 is 15.4 Å². The third-order valence-corrected chi connectivity index (χ3v) is 5.69. The second kappa shape index (κ2) is 10.1. The maximum atomic E-state index is 12.4. The summed E-state index contributed by atoms with van der Waals surface area (Å²) in [6, 6.07) is 20.8. The fourth-order valence-corrected chi connectivity index (χ4v) is 4.05. The second-order valence-electron chi connectivity index (χ2n) is 6.76. The maximum absolute atomic E-state index is 12.4. The molecule has 0 saturated heterocycles. The lowest BCUT2D eigenvalue weighted by atomic mass is 10.0. The molecular formula is C23H27N2O2S+. The Labute approximate surface area is 170 Å². The van der Waals surface area contributed by atoms with E-state index < -0.39 is 0 Å². The number of hydrogen-bond donors (Lipinski definition) is 2. The summed E-state index contributed by atoms with van der Waals surface area (Å²) in [5, 5.41) is 7.21. The second-order valence-corrected chi connectivity index (χ2v) is 7.73. The van der Waals surface area contributed by atoms with Crippen LogP contribution in [0.2, 0.25) is 0 Å². The van der Waals surface area contributed by atoms with Crippen LogP contribution >= 0.6 is 11.3 Å². The van der Waals surface area contributed by atoms with Crippen LogP contribution in [0.3, 0.4) is 0 Å². The minimum atomic E-state index is 0.0450. The van der Waals surface area contributed by atoms with E-state index in [-0.39, 0.29) is 11.9 Å². The van der Waals surface area contributed by atoms with Crippen LogP contribution in [0.25, 0.3) is 0 Å². The molecular weight excluding hydrogens is 368 g/mol. The van der Waals surface area contributed by atoms with Gasteiger partial charge in [0.25, 0.3) is 5.91 Å². The van der Waals surface area contributed by atoms with Crippen LogP contribution in [0, 0.1) is 6.92 Å². The normalized spacial score (nSPS) is 11.8. The molecule has 4 nitrogen and oxygen atoms in total. The molecule has 0 aliphatic rings. The molecule has 1 heterocycles. The Bertz CT molecular complexity index is 876. The van der Waals surface area contributed by atoms with Gasteiger partial charge in [0.1, 0.15) is 11.8 Å². The highest BCUT2D eigenvalue weighted by Gasteiger charge is 2.19. The van der Waals surface area contributed by atoms with Gasteiger partial charge in [-0.2, -0.15) is 0 Å². The van der Waals surface area contributed by atoms with E-state index in [0.29, 0.717) is 13.1 Å². The van der Waals surface area contributed by atoms with Crippen molar-refractivity contribution < 1.29 is 14.8 Å². The molecule has 3 aromatic rings. The summed E-state index contributed by atoms with van der Waals surface area (Å²) in [6.45, 7) is 3.08. The smallest absolute Gasteiger partial charge is 0.275 e. The van der Waals surface area contributed by atoms with Gasteiger partial charge in [-0.15, -0.1) is 11.3 Å². The molecule has 0 radical (unpaired) electrons. The molecule has 0 bridgehead atoms. The molecule has 0 aliphatic heterocycles. The molecule has 146 valence electrons. The number of amides is 1. The Morgan fingerprint density at radius 3 is 2.61 bits per heavy atom. The first kappa shape index (κ1) is 20.1. The monoisotopic (exact) mass is 395 g/mol. The van der Waals surface area contributed by atoms with Crippen molar-refractivity contribution in [2.24, 2.45) is 0 Å². The van der Waals surface area contributed by atoms with Crippen molar-refractivity contribution in [3.8, 4) is 5.75 Å². The number of nitrogens with one attached hydrogen (secondary N) is 1. The van der Waals surface area contributed by atoms with Gasteiger partial charge in [0, 0.05) is 12.1 Å². The van der Waals surface area contributed by atoms with Gasteiger partial charge in [-0.3, -0.25) is 4.79 Å². The summed E-state index contributed by atoms with van der Waals surface area (Å²) >= 11 is 1.72. The van der Waals surface area contributed by atoms with Gasteiger partial charge in [-0.25, -0.2) is 0 Å². The average Bonchev–Trinajstić information content (AvgIpc) is 3.24. The standard InChI is InChI=1S/C23H26N2O2S/c1-17-9-11-19(12-10-17)23(21-8-5-15-28-21)25-16-22(26)24-14-13-18-6-3-4-7-20(18)27-2/h3-12,15,23,25H,13-14,16H2,1-2H3,(H,24,26)/p+1/t23-/m1/s1. The number of aryl methyl sites for hydroxylation is 1. The summed E-state index contributed by atoms with van der Waals surface area (Å²) < 4.78 is 5.36. The van der Waals surface area contributed by atoms with Gasteiger partial charge < -0.3 is 15.4 Å². The minimum Gasteiger partial charge on any atom is -0.496 e. The number of nitrogens with two attached hydrogens (primary N) is 1. The predicted molar refractivity (Wildman–Crippen MR) is 114 cm³/mol. The van der Waals surface area contributed by atoms with Crippen molar-refractivity contribution >= 4 is 17.2 Å². The molecule has 28 heavy (non-hydrogen) atoms. The summed E-state index contributed by atoms with van der Waals surface area (Å²) in [4.78, 5) is 13.6. The Kier molecular flexibility index (Phi) is 7.23. The van der Waals surface area contributed by atoms with Crippen LogP contribution in [0.15, 0.2) is 66.0 Å². The molecule has 0 fully saturated rings. The van der Waals surface area contributed by atoms with E-state index in [1.54, 1.807) is 18.4 Å². The predicted octanol–water partition coefficient (Wildman–Crippen LogP) is 3.08. The van der Waals surface area contributed by atoms with Crippen molar-refractivity contribution in [2.75, 3.05) is 20.2 Å². The number of thiophene rings is 1. The Balaban J connectivity index is 1.54. The van der Waals surface area contributed by atoms with E-state index in [1.807, 2.05) is 24.3 Å². The zero-order valence-corrected chi connectivity index (χ0v) is 17.2. The molecule has 5 heteroatoms. The van der Waals surface area contributed by atoms with Crippen LogP contribution in [0.4, 0.5) is 0 Å². The van der Waals surface area contributed by atoms with Gasteiger partial charge in [0.2, 0.25) is 0 Å². The van der Waals surface area contributed by atoms with Crippen molar-refractivity contribution in [2.45, 2.75) is 19.4 Å². The van der Waals surface area contributed by atoms with E-state index >= 15 is 0 Å². The van der Waals surface area contributed by atoms with Crippen molar-refractivity contribution in [3.05, 3.63) is 87.6 Å². The third kappa shape index (κ3) is 5.44. The summed E-state index contributed by atoms with van der Waals surface area (Å²) in [6.07, 6.45) is 0.752. The van der Waals surface area contributed by atoms with E-state index in [2.05, 4.69) is 59.3 Å². The van der Waals surface area contributed by atoms with E-state index in [0.717, 1.165) is 17.7 Å². The zero-order chi connectivity index (χ0) is 19.8. The first-order valence-corrected chi connectivity index (χ1v) is 10.4. The van der Waals surface area contributed by atoms with Crippen molar-refractivity contribution in [1.29, 1.82) is 0 Å². The molecule has 3 rings (SSSR count). The summed E-state index contributed by atoms with van der Waals surface area (Å²) in [5.41, 5.74) is 3.56. The molecule has 0 unspecified atom stereocenters. The SMILES string of the molecule is COc1ccccc1CCNC(=O)C[NH2+][C@H](c1ccc(C)cc1)c1cccs1. The lowest BCUT2D eigenvalue weighted by molar-refractivity contribution is -0.676. The van der Waals surface area contributed by atoms with E-state index in [4.69, 9.17) is 4.74 Å². The van der Waals surface area contributed by atoms with Gasteiger partial charge in [0.15, 0.2) is 6.54 Å². The number of ether oxygens (including phenoxy) is 1. The number of para-hydroxylation sites is 1. The molecule has 1 atom stereocenters. The lowest BCUT2D eigenvalue weighted by Gasteiger charge is -2.15. The van der Waals surface area contributed by atoms with E-state index in [9.17, 15) is 4.79 Å². The molecule has 0 saturated carbocycles. The van der Waals surface area contributed by atoms with Crippen LogP contribution in [0.1, 0.15) is 27.6 Å². The fourth-order valence-electron chi connectivity index (χ4n) is 3.20. The first-order chi connectivity index (χ1) is 13.7. The quantitative estimate of drug-likeness (QED) is 0.585. The van der Waals surface area contributed by atoms with Crippen LogP contribution in [-0.2, 0) is 11.2 Å². The number of benzene rings is 2. The van der Waals surface area contributed by atoms with Crippen molar-refractivity contribution in [3.63, 3.8) is 0 Å². The molecule has 2 aromatic carbocycles. The highest BCUT2D eigenvalue weighted by Crippen LogP contribution is 2.23. The maximum Gasteiger partial charge on any atom is 0.275 e. The molecule has 1 aromatic heterocycles. The summed E-state index contributed by atoms with van der Waals surface area (Å²) in [5.74, 6) is 0.906. The molecule has 3 N–H and O–H groups in total. The van der Waals surface area contributed by atoms with E-state index in [1.165, 1.54) is 16.0 Å². The number of carbonyl (C=O) groups excluding carboxylic acids is 1. The number of methoxy groups -OCH3 is 1. The average molecular weight is 396 g/mol. The van der Waals surface area contributed by atoms with Crippen molar-refractivity contribution in [1.82, 2.24) is 5.32 Å². The largest absolute Gasteiger partial charge is 0.496 e. The highest BCUT2D eigenvalue weighted by atomic mass is 32.1. The number of carbonyl (C=O) groups is 1. The van der Waals surface area contributed by atoms with Gasteiger partial charge in [-0.05, 0) is 36.4 Å². The Hall–Kier alpha value is -2.63. The molecule has 0 spiro atoms. The Morgan fingerprint density at radius 1 is 1.11 bits per heavy atom. The first-order valence-electron chi connectivity index (χ1n) is 9.49. The fraction of sp³-hybridized carbons (Fsp3) is 0.261. The van der Waals surface area contributed by atoms with Crippen LogP contribution in [0.5, 0.6) is 5.75 Å². The highest BCUT2D eigenvalue weighted by molar-refractivity contribution is 7.10. The van der Waals surface area contributed by atoms with Gasteiger partial charge in [-0.1, -0.05) is 54.1 Å². The number of rotatable bonds is 9. The topological polar surface area (TPSA) is 54.9 Å². The van der Waals surface area contributed by atoms with Crippen LogP contribution in [-0.4, -0.2) is 26.1 Å². The van der Waals surface area contributed by atoms with Gasteiger partial charge in [0.05, 0.1) is 12.0 Å². The summed E-state index contributed by atoms with van der Waals surface area (Å²) in [7, 11) is 1.67. The molecule has 1 amide bonds.